The van der Waals surface area contributed by atoms with Crippen LogP contribution in [0.25, 0.3) is 0 Å². The molecule has 0 aliphatic heterocycles. The number of benzene rings is 2. The molecule has 1 amide bonds. The van der Waals surface area contributed by atoms with Crippen molar-refractivity contribution >= 4 is 11.6 Å². The zero-order chi connectivity index (χ0) is 19.6. The molecule has 0 aromatic heterocycles. The molecule has 0 heterocycles. The maximum atomic E-state index is 12.0. The number of hydrogen-bond donors (Lipinski definition) is 1. The van der Waals surface area contributed by atoms with Crippen LogP contribution in [0.4, 0.5) is 0 Å². The number of nitrogens with one attached hydrogen (secondary N) is 1. The molecule has 0 radical (unpaired) electrons. The summed E-state index contributed by atoms with van der Waals surface area (Å²) in [5.74, 6) is 2.18. The van der Waals surface area contributed by atoms with E-state index in [1.54, 1.807) is 51.7 Å². The van der Waals surface area contributed by atoms with Crippen molar-refractivity contribution in [1.29, 1.82) is 0 Å². The predicted octanol–water partition coefficient (Wildman–Crippen LogP) is 3.02. The van der Waals surface area contributed by atoms with E-state index in [0.717, 1.165) is 11.3 Å². The van der Waals surface area contributed by atoms with Gasteiger partial charge in [-0.2, -0.15) is 5.10 Å². The van der Waals surface area contributed by atoms with Gasteiger partial charge in [0.05, 0.1) is 27.0 Å². The maximum absolute atomic E-state index is 12.0. The van der Waals surface area contributed by atoms with Gasteiger partial charge < -0.3 is 18.9 Å². The number of amides is 1. The summed E-state index contributed by atoms with van der Waals surface area (Å²) in [5.41, 5.74) is 4.07. The molecule has 0 aliphatic carbocycles. The minimum Gasteiger partial charge on any atom is -0.497 e. The number of hydrazone groups is 1. The van der Waals surface area contributed by atoms with Crippen LogP contribution >= 0.6 is 0 Å². The third-order valence-corrected chi connectivity index (χ3v) is 3.80. The summed E-state index contributed by atoms with van der Waals surface area (Å²) in [6, 6.07) is 12.5. The molecule has 0 fully saturated rings. The van der Waals surface area contributed by atoms with Crippen LogP contribution in [0.15, 0.2) is 47.6 Å². The van der Waals surface area contributed by atoms with Crippen molar-refractivity contribution in [1.82, 2.24) is 5.43 Å². The summed E-state index contributed by atoms with van der Waals surface area (Å²) in [6.45, 7) is 1.81. The molecule has 2 aromatic carbocycles. The van der Waals surface area contributed by atoms with Gasteiger partial charge in [0.15, 0.2) is 18.1 Å². The van der Waals surface area contributed by atoms with Crippen LogP contribution < -0.4 is 24.4 Å². The minimum absolute atomic E-state index is 0.140. The van der Waals surface area contributed by atoms with Gasteiger partial charge in [0.1, 0.15) is 11.5 Å². The van der Waals surface area contributed by atoms with Crippen LogP contribution in [0.3, 0.4) is 0 Å². The highest BCUT2D eigenvalue weighted by atomic mass is 16.5. The average molecular weight is 372 g/mol. The van der Waals surface area contributed by atoms with E-state index >= 15 is 0 Å². The van der Waals surface area contributed by atoms with Gasteiger partial charge in [0.2, 0.25) is 0 Å². The van der Waals surface area contributed by atoms with Crippen molar-refractivity contribution < 1.29 is 23.7 Å². The first kappa shape index (κ1) is 20.1. The molecule has 2 rings (SSSR count). The zero-order valence-corrected chi connectivity index (χ0v) is 15.9. The van der Waals surface area contributed by atoms with Crippen molar-refractivity contribution in [3.05, 3.63) is 48.0 Å². The second-order valence-electron chi connectivity index (χ2n) is 5.48. The number of methoxy groups -OCH3 is 3. The van der Waals surface area contributed by atoms with E-state index in [9.17, 15) is 4.79 Å². The van der Waals surface area contributed by atoms with Gasteiger partial charge >= 0.3 is 0 Å². The van der Waals surface area contributed by atoms with Crippen LogP contribution in [-0.4, -0.2) is 39.6 Å². The van der Waals surface area contributed by atoms with Crippen molar-refractivity contribution in [2.45, 2.75) is 13.3 Å². The predicted molar refractivity (Wildman–Crippen MR) is 103 cm³/mol. The highest BCUT2D eigenvalue weighted by molar-refractivity contribution is 6.01. The van der Waals surface area contributed by atoms with Gasteiger partial charge in [-0.1, -0.05) is 6.92 Å². The molecule has 144 valence electrons. The first-order valence-electron chi connectivity index (χ1n) is 8.45. The molecular weight excluding hydrogens is 348 g/mol. The Balaban J connectivity index is 1.98. The fourth-order valence-corrected chi connectivity index (χ4v) is 2.35. The summed E-state index contributed by atoms with van der Waals surface area (Å²) in [4.78, 5) is 12.0. The number of nitrogens with zero attached hydrogens (tertiary/aromatic N) is 1. The van der Waals surface area contributed by atoms with E-state index < -0.39 is 0 Å². The minimum atomic E-state index is -0.350. The SMILES string of the molecule is CC/C(=N/NC(=O)COc1ccc(OC)cc1)c1ccc(OC)c(OC)c1. The molecule has 0 atom stereocenters. The Labute approximate surface area is 158 Å². The van der Waals surface area contributed by atoms with Crippen LogP contribution in [0.2, 0.25) is 0 Å². The molecule has 0 bridgehead atoms. The van der Waals surface area contributed by atoms with Gasteiger partial charge in [0, 0.05) is 5.56 Å². The van der Waals surface area contributed by atoms with E-state index in [4.69, 9.17) is 18.9 Å². The van der Waals surface area contributed by atoms with E-state index in [1.165, 1.54) is 0 Å². The van der Waals surface area contributed by atoms with E-state index in [1.807, 2.05) is 19.1 Å². The second kappa shape index (κ2) is 10.1. The molecule has 0 aliphatic rings. The highest BCUT2D eigenvalue weighted by Crippen LogP contribution is 2.28. The van der Waals surface area contributed by atoms with Crippen LogP contribution in [0, 0.1) is 0 Å². The monoisotopic (exact) mass is 372 g/mol. The van der Waals surface area contributed by atoms with E-state index in [-0.39, 0.29) is 12.5 Å². The second-order valence-corrected chi connectivity index (χ2v) is 5.48. The quantitative estimate of drug-likeness (QED) is 0.541. The molecule has 7 heteroatoms. The normalized spacial score (nSPS) is 10.9. The Bertz CT molecular complexity index is 787. The zero-order valence-electron chi connectivity index (χ0n) is 15.9. The third kappa shape index (κ3) is 5.64. The summed E-state index contributed by atoms with van der Waals surface area (Å²) >= 11 is 0. The summed E-state index contributed by atoms with van der Waals surface area (Å²) in [5, 5.41) is 4.20. The number of carbonyl (C=O) groups excluding carboxylic acids is 1. The first-order chi connectivity index (χ1) is 13.1. The van der Waals surface area contributed by atoms with Crippen molar-refractivity contribution in [3.63, 3.8) is 0 Å². The van der Waals surface area contributed by atoms with Crippen molar-refractivity contribution in [2.75, 3.05) is 27.9 Å². The van der Waals surface area contributed by atoms with Gasteiger partial charge in [-0.15, -0.1) is 0 Å². The number of ether oxygens (including phenoxy) is 4. The molecule has 0 saturated carbocycles. The van der Waals surface area contributed by atoms with Crippen LogP contribution in [0.1, 0.15) is 18.9 Å². The first-order valence-corrected chi connectivity index (χ1v) is 8.45. The Morgan fingerprint density at radius 3 is 2.19 bits per heavy atom. The molecular formula is C20H24N2O5. The van der Waals surface area contributed by atoms with Gasteiger partial charge in [0.25, 0.3) is 5.91 Å². The lowest BCUT2D eigenvalue weighted by molar-refractivity contribution is -0.123. The highest BCUT2D eigenvalue weighted by Gasteiger charge is 2.09. The lowest BCUT2D eigenvalue weighted by Crippen LogP contribution is -2.26. The fourth-order valence-electron chi connectivity index (χ4n) is 2.35. The van der Waals surface area contributed by atoms with E-state index in [2.05, 4.69) is 10.5 Å². The van der Waals surface area contributed by atoms with Crippen LogP contribution in [-0.2, 0) is 4.79 Å². The average Bonchev–Trinajstić information content (AvgIpc) is 2.72. The molecule has 2 aromatic rings. The number of rotatable bonds is 9. The van der Waals surface area contributed by atoms with Crippen molar-refractivity contribution in [2.24, 2.45) is 5.10 Å². The number of carbonyl (C=O) groups is 1. The molecule has 0 saturated heterocycles. The molecule has 0 unspecified atom stereocenters. The molecule has 7 nitrogen and oxygen atoms in total. The summed E-state index contributed by atoms with van der Waals surface area (Å²) in [6.07, 6.45) is 0.634. The van der Waals surface area contributed by atoms with Crippen molar-refractivity contribution in [3.8, 4) is 23.0 Å². The van der Waals surface area contributed by atoms with Gasteiger partial charge in [-0.05, 0) is 48.9 Å². The molecule has 0 spiro atoms. The standard InChI is InChI=1S/C20H24N2O5/c1-5-17(14-6-11-18(25-3)19(12-14)26-4)21-22-20(23)13-27-16-9-7-15(24-2)8-10-16/h6-12H,5,13H2,1-4H3,(H,22,23)/b21-17-. The van der Waals surface area contributed by atoms with Crippen LogP contribution in [0.5, 0.6) is 23.0 Å². The Morgan fingerprint density at radius 1 is 0.926 bits per heavy atom. The summed E-state index contributed by atoms with van der Waals surface area (Å²) in [7, 11) is 4.74. The molecule has 1 N–H and O–H groups in total. The smallest absolute Gasteiger partial charge is 0.277 e. The Morgan fingerprint density at radius 2 is 1.59 bits per heavy atom. The third-order valence-electron chi connectivity index (χ3n) is 3.80. The summed E-state index contributed by atoms with van der Waals surface area (Å²) < 4.78 is 21.0. The fraction of sp³-hybridized carbons (Fsp3) is 0.300. The molecule has 27 heavy (non-hydrogen) atoms. The van der Waals surface area contributed by atoms with Gasteiger partial charge in [-0.25, -0.2) is 5.43 Å². The largest absolute Gasteiger partial charge is 0.497 e. The maximum Gasteiger partial charge on any atom is 0.277 e. The number of hydrogen-bond acceptors (Lipinski definition) is 6. The topological polar surface area (TPSA) is 78.4 Å². The Hall–Kier alpha value is -3.22. The lowest BCUT2D eigenvalue weighted by atomic mass is 10.1. The van der Waals surface area contributed by atoms with Gasteiger partial charge in [-0.3, -0.25) is 4.79 Å². The lowest BCUT2D eigenvalue weighted by Gasteiger charge is -2.11. The Kier molecular flexibility index (Phi) is 7.49. The van der Waals surface area contributed by atoms with E-state index in [0.29, 0.717) is 29.4 Å².